The average molecular weight is 230 g/mol. The maximum Gasteiger partial charge on any atom is 0.297 e. The summed E-state index contributed by atoms with van der Waals surface area (Å²) in [6, 6.07) is 6.45. The van der Waals surface area contributed by atoms with Crippen molar-refractivity contribution < 1.29 is 12.6 Å². The summed E-state index contributed by atoms with van der Waals surface area (Å²) >= 11 is 4.48. The Labute approximate surface area is 88.8 Å². The topological polar surface area (TPSA) is 43.4 Å². The molecule has 0 aliphatic rings. The molecular formula is C9H10O3S2. The van der Waals surface area contributed by atoms with Crippen LogP contribution in [0.4, 0.5) is 0 Å². The first-order valence-electron chi connectivity index (χ1n) is 3.96. The van der Waals surface area contributed by atoms with Crippen LogP contribution >= 0.6 is 12.2 Å². The number of rotatable bonds is 4. The molecule has 14 heavy (non-hydrogen) atoms. The van der Waals surface area contributed by atoms with Crippen LogP contribution in [0, 0.1) is 6.92 Å². The van der Waals surface area contributed by atoms with Gasteiger partial charge in [-0.05, 0) is 19.1 Å². The van der Waals surface area contributed by atoms with E-state index in [0.717, 1.165) is 5.56 Å². The molecule has 0 amide bonds. The normalized spacial score (nSPS) is 11.2. The molecule has 3 nitrogen and oxygen atoms in total. The van der Waals surface area contributed by atoms with Gasteiger partial charge in [-0.1, -0.05) is 29.9 Å². The lowest BCUT2D eigenvalue weighted by atomic mass is 10.2. The van der Waals surface area contributed by atoms with Gasteiger partial charge in [0, 0.05) is 5.37 Å². The lowest BCUT2D eigenvalue weighted by Crippen LogP contribution is -2.07. The molecular weight excluding hydrogens is 220 g/mol. The van der Waals surface area contributed by atoms with Crippen molar-refractivity contribution in [3.05, 3.63) is 29.8 Å². The summed E-state index contributed by atoms with van der Waals surface area (Å²) in [7, 11) is -3.64. The zero-order valence-electron chi connectivity index (χ0n) is 7.64. The third kappa shape index (κ3) is 2.87. The van der Waals surface area contributed by atoms with Crippen LogP contribution in [-0.2, 0) is 14.3 Å². The molecule has 0 unspecified atom stereocenters. The van der Waals surface area contributed by atoms with Crippen molar-refractivity contribution in [2.75, 3.05) is 6.61 Å². The van der Waals surface area contributed by atoms with E-state index in [0.29, 0.717) is 0 Å². The van der Waals surface area contributed by atoms with Gasteiger partial charge in [0.05, 0.1) is 11.5 Å². The average Bonchev–Trinajstić information content (AvgIpc) is 2.16. The Hall–Kier alpha value is -0.780. The first kappa shape index (κ1) is 11.3. The largest absolute Gasteiger partial charge is 0.297 e. The molecule has 0 heterocycles. The minimum atomic E-state index is -3.64. The van der Waals surface area contributed by atoms with Gasteiger partial charge in [0.2, 0.25) is 0 Å². The predicted octanol–water partition coefficient (Wildman–Crippen LogP) is 1.70. The minimum Gasteiger partial charge on any atom is -0.261 e. The van der Waals surface area contributed by atoms with Crippen molar-refractivity contribution in [2.45, 2.75) is 11.8 Å². The maximum atomic E-state index is 11.4. The van der Waals surface area contributed by atoms with E-state index in [-0.39, 0.29) is 11.5 Å². The highest BCUT2D eigenvalue weighted by atomic mass is 32.2. The van der Waals surface area contributed by atoms with Crippen LogP contribution in [0.2, 0.25) is 0 Å². The molecule has 0 radical (unpaired) electrons. The van der Waals surface area contributed by atoms with Crippen LogP contribution in [0.1, 0.15) is 5.56 Å². The van der Waals surface area contributed by atoms with Gasteiger partial charge in [-0.25, -0.2) is 0 Å². The third-order valence-electron chi connectivity index (χ3n) is 1.60. The molecule has 1 aromatic rings. The Bertz CT molecular complexity index is 406. The quantitative estimate of drug-likeness (QED) is 0.583. The molecule has 0 atom stereocenters. The minimum absolute atomic E-state index is 0.0778. The second kappa shape index (κ2) is 4.63. The second-order valence-electron chi connectivity index (χ2n) is 2.72. The molecule has 5 heteroatoms. The van der Waals surface area contributed by atoms with E-state index in [1.807, 2.05) is 6.92 Å². The fraction of sp³-hybridized carbons (Fsp3) is 0.222. The van der Waals surface area contributed by atoms with Gasteiger partial charge in [-0.2, -0.15) is 8.42 Å². The summed E-state index contributed by atoms with van der Waals surface area (Å²) < 4.78 is 27.4. The van der Waals surface area contributed by atoms with Crippen LogP contribution in [-0.4, -0.2) is 20.4 Å². The summed E-state index contributed by atoms with van der Waals surface area (Å²) in [5.41, 5.74) is 0.999. The van der Waals surface area contributed by atoms with Gasteiger partial charge in [0.15, 0.2) is 0 Å². The second-order valence-corrected chi connectivity index (χ2v) is 4.67. The smallest absolute Gasteiger partial charge is 0.261 e. The monoisotopic (exact) mass is 230 g/mol. The van der Waals surface area contributed by atoms with E-state index in [1.165, 1.54) is 17.5 Å². The molecule has 76 valence electrons. The number of benzene rings is 1. The lowest BCUT2D eigenvalue weighted by molar-refractivity contribution is 0.373. The van der Waals surface area contributed by atoms with Gasteiger partial charge in [-0.15, -0.1) is 0 Å². The Morgan fingerprint density at radius 3 is 2.43 bits per heavy atom. The predicted molar refractivity (Wildman–Crippen MR) is 58.0 cm³/mol. The Morgan fingerprint density at radius 1 is 1.36 bits per heavy atom. The Kier molecular flexibility index (Phi) is 3.74. The highest BCUT2D eigenvalue weighted by molar-refractivity contribution is 7.86. The fourth-order valence-electron chi connectivity index (χ4n) is 0.890. The van der Waals surface area contributed by atoms with Crippen LogP contribution in [0.25, 0.3) is 0 Å². The summed E-state index contributed by atoms with van der Waals surface area (Å²) in [6.45, 7) is 1.81. The van der Waals surface area contributed by atoms with E-state index < -0.39 is 10.1 Å². The van der Waals surface area contributed by atoms with Crippen LogP contribution in [0.3, 0.4) is 0 Å². The summed E-state index contributed by atoms with van der Waals surface area (Å²) in [5, 5.41) is 1.23. The molecule has 0 saturated heterocycles. The van der Waals surface area contributed by atoms with Gasteiger partial charge < -0.3 is 0 Å². The van der Waals surface area contributed by atoms with Crippen molar-refractivity contribution in [3.8, 4) is 0 Å². The summed E-state index contributed by atoms with van der Waals surface area (Å²) in [5.74, 6) is 0. The molecule has 0 bridgehead atoms. The van der Waals surface area contributed by atoms with E-state index in [9.17, 15) is 8.42 Å². The zero-order chi connectivity index (χ0) is 10.6. The Morgan fingerprint density at radius 2 is 1.93 bits per heavy atom. The number of aryl methyl sites for hydroxylation is 1. The maximum absolute atomic E-state index is 11.4. The third-order valence-corrected chi connectivity index (χ3v) is 3.03. The van der Waals surface area contributed by atoms with Crippen molar-refractivity contribution >= 4 is 27.7 Å². The molecule has 1 rings (SSSR count). The van der Waals surface area contributed by atoms with Gasteiger partial charge in [0.1, 0.15) is 0 Å². The Balaban J connectivity index is 2.93. The van der Waals surface area contributed by atoms with Crippen LogP contribution in [0.5, 0.6) is 0 Å². The number of hydrogen-bond donors (Lipinski definition) is 0. The van der Waals surface area contributed by atoms with Gasteiger partial charge >= 0.3 is 0 Å². The fourth-order valence-corrected chi connectivity index (χ4v) is 1.90. The number of hydrogen-bond acceptors (Lipinski definition) is 4. The SMILES string of the molecule is Cc1ccc(S(=O)(=O)OCC=S)cc1. The van der Waals surface area contributed by atoms with E-state index >= 15 is 0 Å². The van der Waals surface area contributed by atoms with Crippen LogP contribution in [0.15, 0.2) is 29.2 Å². The molecule has 0 aromatic heterocycles. The highest BCUT2D eigenvalue weighted by Crippen LogP contribution is 2.12. The van der Waals surface area contributed by atoms with Crippen molar-refractivity contribution in [1.29, 1.82) is 0 Å². The molecule has 0 N–H and O–H groups in total. The van der Waals surface area contributed by atoms with Gasteiger partial charge in [0.25, 0.3) is 10.1 Å². The van der Waals surface area contributed by atoms with Crippen molar-refractivity contribution in [2.24, 2.45) is 0 Å². The van der Waals surface area contributed by atoms with Gasteiger partial charge in [-0.3, -0.25) is 4.18 Å². The van der Waals surface area contributed by atoms with Crippen molar-refractivity contribution in [3.63, 3.8) is 0 Å². The molecule has 0 aliphatic heterocycles. The standard InChI is InChI=1S/C9H10O3S2/c1-8-2-4-9(5-3-8)14(10,11)12-6-7-13/h2-5,7H,6H2,1H3. The summed E-state index contributed by atoms with van der Waals surface area (Å²) in [4.78, 5) is 0.153. The summed E-state index contributed by atoms with van der Waals surface area (Å²) in [6.07, 6.45) is 0. The molecule has 0 fully saturated rings. The highest BCUT2D eigenvalue weighted by Gasteiger charge is 2.13. The first-order valence-corrected chi connectivity index (χ1v) is 5.84. The van der Waals surface area contributed by atoms with Crippen LogP contribution < -0.4 is 0 Å². The van der Waals surface area contributed by atoms with E-state index in [2.05, 4.69) is 16.4 Å². The number of thiocarbonyl (C=S) groups is 1. The molecule has 0 saturated carbocycles. The molecule has 0 spiro atoms. The molecule has 1 aromatic carbocycles. The zero-order valence-corrected chi connectivity index (χ0v) is 9.27. The molecule has 0 aliphatic carbocycles. The lowest BCUT2D eigenvalue weighted by Gasteiger charge is -2.02. The van der Waals surface area contributed by atoms with E-state index in [4.69, 9.17) is 0 Å². The van der Waals surface area contributed by atoms with E-state index in [1.54, 1.807) is 12.1 Å². The first-order chi connectivity index (χ1) is 6.56. The van der Waals surface area contributed by atoms with Crippen molar-refractivity contribution in [1.82, 2.24) is 0 Å².